The molecule has 27 heavy (non-hydrogen) atoms. The molecule has 0 radical (unpaired) electrons. The number of carbonyl (C=O) groups excluding carboxylic acids is 1. The van der Waals surface area contributed by atoms with E-state index in [1.807, 2.05) is 0 Å². The second-order valence-corrected chi connectivity index (χ2v) is 5.51. The number of benzene rings is 1. The molecule has 0 unspecified atom stereocenters. The number of hydrogen-bond donors (Lipinski definition) is 1. The molecule has 142 valence electrons. The molecule has 0 fully saturated rings. The summed E-state index contributed by atoms with van der Waals surface area (Å²) in [5, 5.41) is 2.58. The molecule has 2 rings (SSSR count). The molecular weight excluding hydrogens is 352 g/mol. The molecule has 0 saturated carbocycles. The highest BCUT2D eigenvalue weighted by Gasteiger charge is 2.16. The van der Waals surface area contributed by atoms with Gasteiger partial charge >= 0.3 is 17.1 Å². The molecule has 0 aliphatic carbocycles. The number of anilines is 1. The van der Waals surface area contributed by atoms with Crippen LogP contribution in [0.1, 0.15) is 0 Å². The number of rotatable bonds is 8. The average Bonchev–Trinajstić information content (AvgIpc) is 2.66. The zero-order valence-electron chi connectivity index (χ0n) is 14.9. The van der Waals surface area contributed by atoms with Crippen molar-refractivity contribution >= 4 is 11.6 Å². The molecule has 0 spiro atoms. The van der Waals surface area contributed by atoms with Crippen LogP contribution in [0.4, 0.5) is 5.69 Å². The molecule has 9 nitrogen and oxygen atoms in total. The van der Waals surface area contributed by atoms with Crippen molar-refractivity contribution in [2.24, 2.45) is 0 Å². The molecule has 1 amide bonds. The van der Waals surface area contributed by atoms with E-state index in [0.29, 0.717) is 16.0 Å². The first-order valence-corrected chi connectivity index (χ1v) is 8.03. The van der Waals surface area contributed by atoms with Gasteiger partial charge in [-0.1, -0.05) is 12.2 Å². The number of ether oxygens (including phenoxy) is 1. The predicted octanol–water partition coefficient (Wildman–Crippen LogP) is 0.191. The van der Waals surface area contributed by atoms with Gasteiger partial charge in [-0.15, -0.1) is 13.2 Å². The van der Waals surface area contributed by atoms with Crippen LogP contribution in [0.15, 0.2) is 64.0 Å². The van der Waals surface area contributed by atoms with Crippen LogP contribution in [-0.4, -0.2) is 26.7 Å². The summed E-state index contributed by atoms with van der Waals surface area (Å²) in [6, 6.07) is 6.55. The molecule has 9 heteroatoms. The summed E-state index contributed by atoms with van der Waals surface area (Å²) in [5.41, 5.74) is -2.07. The topological polar surface area (TPSA) is 104 Å². The lowest BCUT2D eigenvalue weighted by atomic mass is 10.3. The van der Waals surface area contributed by atoms with Crippen LogP contribution in [-0.2, 0) is 24.4 Å². The van der Waals surface area contributed by atoms with Crippen LogP contribution in [0.25, 0.3) is 0 Å². The Kier molecular flexibility index (Phi) is 6.32. The van der Waals surface area contributed by atoms with Crippen LogP contribution < -0.4 is 27.1 Å². The molecule has 1 N–H and O–H groups in total. The largest absolute Gasteiger partial charge is 0.497 e. The van der Waals surface area contributed by atoms with E-state index < -0.39 is 29.5 Å². The molecule has 0 atom stereocenters. The molecular formula is C18H20N4O5. The lowest BCUT2D eigenvalue weighted by Crippen LogP contribution is -2.55. The minimum absolute atomic E-state index is 0.0881. The molecule has 0 saturated heterocycles. The Bertz CT molecular complexity index is 979. The summed E-state index contributed by atoms with van der Waals surface area (Å²) >= 11 is 0. The smallest absolute Gasteiger partial charge is 0.337 e. The summed E-state index contributed by atoms with van der Waals surface area (Å²) < 4.78 is 7.40. The Hall–Kier alpha value is -3.62. The van der Waals surface area contributed by atoms with Crippen molar-refractivity contribution in [3.8, 4) is 5.75 Å². The van der Waals surface area contributed by atoms with Gasteiger partial charge in [-0.25, -0.2) is 28.1 Å². The number of hydrogen-bond acceptors (Lipinski definition) is 5. The van der Waals surface area contributed by atoms with Gasteiger partial charge in [-0.2, -0.15) is 0 Å². The van der Waals surface area contributed by atoms with Crippen LogP contribution in [0.2, 0.25) is 0 Å². The number of methoxy groups -OCH3 is 1. The normalized spacial score (nSPS) is 10.3. The van der Waals surface area contributed by atoms with E-state index in [1.54, 1.807) is 24.3 Å². The van der Waals surface area contributed by atoms with E-state index in [1.165, 1.54) is 19.3 Å². The Morgan fingerprint density at radius 2 is 1.44 bits per heavy atom. The number of aromatic nitrogens is 3. The minimum Gasteiger partial charge on any atom is -0.497 e. The van der Waals surface area contributed by atoms with Gasteiger partial charge in [0.05, 0.1) is 20.2 Å². The highest BCUT2D eigenvalue weighted by Crippen LogP contribution is 2.14. The minimum atomic E-state index is -0.880. The third-order valence-electron chi connectivity index (χ3n) is 3.68. The summed E-state index contributed by atoms with van der Waals surface area (Å²) in [6.07, 6.45) is 2.71. The lowest BCUT2D eigenvalue weighted by molar-refractivity contribution is -0.116. The maximum atomic E-state index is 12.5. The molecule has 0 bridgehead atoms. The van der Waals surface area contributed by atoms with Gasteiger partial charge in [0.1, 0.15) is 12.3 Å². The van der Waals surface area contributed by atoms with Crippen molar-refractivity contribution in [2.45, 2.75) is 19.6 Å². The zero-order valence-corrected chi connectivity index (χ0v) is 14.9. The van der Waals surface area contributed by atoms with Gasteiger partial charge in [-0.3, -0.25) is 4.79 Å². The van der Waals surface area contributed by atoms with Crippen molar-refractivity contribution in [1.29, 1.82) is 0 Å². The average molecular weight is 372 g/mol. The van der Waals surface area contributed by atoms with E-state index in [4.69, 9.17) is 4.74 Å². The number of amides is 1. The van der Waals surface area contributed by atoms with E-state index in [0.717, 1.165) is 9.13 Å². The number of nitrogens with one attached hydrogen (secondary N) is 1. The number of carbonyl (C=O) groups is 1. The first-order chi connectivity index (χ1) is 12.9. The van der Waals surface area contributed by atoms with E-state index in [9.17, 15) is 19.2 Å². The monoisotopic (exact) mass is 372 g/mol. The number of allylic oxidation sites excluding steroid dienone is 2. The summed E-state index contributed by atoms with van der Waals surface area (Å²) in [4.78, 5) is 49.5. The molecule has 1 heterocycles. The van der Waals surface area contributed by atoms with Gasteiger partial charge < -0.3 is 10.1 Å². The van der Waals surface area contributed by atoms with E-state index in [-0.39, 0.29) is 13.1 Å². The summed E-state index contributed by atoms with van der Waals surface area (Å²) in [5.74, 6) is 0.0290. The van der Waals surface area contributed by atoms with Gasteiger partial charge in [0.15, 0.2) is 0 Å². The van der Waals surface area contributed by atoms with Crippen molar-refractivity contribution < 1.29 is 9.53 Å². The fourth-order valence-electron chi connectivity index (χ4n) is 2.41. The molecule has 0 aliphatic rings. The SMILES string of the molecule is C=CCn1c(=O)n(CC=C)c(=O)n(CC(=O)Nc2ccc(OC)cc2)c1=O. The van der Waals surface area contributed by atoms with Crippen LogP contribution in [0.5, 0.6) is 5.75 Å². The maximum absolute atomic E-state index is 12.5. The molecule has 1 aromatic heterocycles. The quantitative estimate of drug-likeness (QED) is 0.666. The Labute approximate surface area is 154 Å². The van der Waals surface area contributed by atoms with Crippen molar-refractivity contribution in [3.63, 3.8) is 0 Å². The molecule has 2 aromatic rings. The van der Waals surface area contributed by atoms with Gasteiger partial charge in [0, 0.05) is 5.69 Å². The molecule has 0 aliphatic heterocycles. The second kappa shape index (κ2) is 8.65. The van der Waals surface area contributed by atoms with Gasteiger partial charge in [-0.05, 0) is 24.3 Å². The zero-order chi connectivity index (χ0) is 20.0. The van der Waals surface area contributed by atoms with Crippen LogP contribution in [0, 0.1) is 0 Å². The highest BCUT2D eigenvalue weighted by molar-refractivity contribution is 5.90. The predicted molar refractivity (Wildman–Crippen MR) is 101 cm³/mol. The third kappa shape index (κ3) is 4.32. The van der Waals surface area contributed by atoms with Gasteiger partial charge in [0.2, 0.25) is 5.91 Å². The Morgan fingerprint density at radius 3 is 1.89 bits per heavy atom. The third-order valence-corrected chi connectivity index (χ3v) is 3.68. The van der Waals surface area contributed by atoms with E-state index in [2.05, 4.69) is 18.5 Å². The first-order valence-electron chi connectivity index (χ1n) is 8.03. The van der Waals surface area contributed by atoms with Crippen molar-refractivity contribution in [3.05, 3.63) is 81.0 Å². The standard InChI is InChI=1S/C18H20N4O5/c1-4-10-20-16(24)21(11-5-2)18(26)22(17(20)25)12-15(23)19-13-6-8-14(27-3)9-7-13/h4-9H,1-2,10-12H2,3H3,(H,19,23). The van der Waals surface area contributed by atoms with Crippen LogP contribution in [0.3, 0.4) is 0 Å². The second-order valence-electron chi connectivity index (χ2n) is 5.51. The highest BCUT2D eigenvalue weighted by atomic mass is 16.5. The fraction of sp³-hybridized carbons (Fsp3) is 0.222. The Morgan fingerprint density at radius 1 is 0.963 bits per heavy atom. The summed E-state index contributed by atoms with van der Waals surface area (Å²) in [6.45, 7) is 6.26. The molecule has 1 aromatic carbocycles. The van der Waals surface area contributed by atoms with E-state index >= 15 is 0 Å². The van der Waals surface area contributed by atoms with Crippen molar-refractivity contribution in [2.75, 3.05) is 12.4 Å². The summed E-state index contributed by atoms with van der Waals surface area (Å²) in [7, 11) is 1.52. The Balaban J connectivity index is 2.38. The number of nitrogens with zero attached hydrogens (tertiary/aromatic N) is 3. The fourth-order valence-corrected chi connectivity index (χ4v) is 2.41. The lowest BCUT2D eigenvalue weighted by Gasteiger charge is -2.12. The maximum Gasteiger partial charge on any atom is 0.337 e. The van der Waals surface area contributed by atoms with Gasteiger partial charge in [0.25, 0.3) is 0 Å². The van der Waals surface area contributed by atoms with Crippen molar-refractivity contribution in [1.82, 2.24) is 13.7 Å². The first kappa shape index (κ1) is 19.7. The van der Waals surface area contributed by atoms with Crippen LogP contribution >= 0.6 is 0 Å².